The molecule has 0 saturated carbocycles. The van der Waals surface area contributed by atoms with Crippen LogP contribution in [0.5, 0.6) is 0 Å². The monoisotopic (exact) mass is 438 g/mol. The minimum Gasteiger partial charge on any atom is -0.363 e. The molecule has 4 N–H and O–H groups in total. The maximum atomic E-state index is 11.1. The van der Waals surface area contributed by atoms with Crippen molar-refractivity contribution in [2.24, 2.45) is 0 Å². The van der Waals surface area contributed by atoms with Gasteiger partial charge in [0.05, 0.1) is 5.54 Å². The Morgan fingerprint density at radius 1 is 1.24 bits per heavy atom. The van der Waals surface area contributed by atoms with E-state index in [9.17, 15) is 4.79 Å². The summed E-state index contributed by atoms with van der Waals surface area (Å²) in [5.41, 5.74) is 4.86. The number of hydrogen-bond donors (Lipinski definition) is 4. The van der Waals surface area contributed by atoms with Crippen LogP contribution >= 0.6 is 24.8 Å². The highest BCUT2D eigenvalue weighted by molar-refractivity contribution is 5.90. The van der Waals surface area contributed by atoms with Gasteiger partial charge in [0.1, 0.15) is 5.82 Å². The Morgan fingerprint density at radius 2 is 2.00 bits per heavy atom. The summed E-state index contributed by atoms with van der Waals surface area (Å²) in [6.45, 7) is 4.03. The van der Waals surface area contributed by atoms with Gasteiger partial charge in [-0.2, -0.15) is 0 Å². The first-order valence-corrected chi connectivity index (χ1v) is 9.21. The molecule has 0 unspecified atom stereocenters. The van der Waals surface area contributed by atoms with Crippen LogP contribution in [0.1, 0.15) is 29.5 Å². The molecule has 29 heavy (non-hydrogen) atoms. The van der Waals surface area contributed by atoms with E-state index in [-0.39, 0.29) is 30.4 Å². The van der Waals surface area contributed by atoms with Gasteiger partial charge in [-0.1, -0.05) is 29.8 Å². The lowest BCUT2D eigenvalue weighted by atomic mass is 9.83. The summed E-state index contributed by atoms with van der Waals surface area (Å²) >= 11 is 0. The lowest BCUT2D eigenvalue weighted by Gasteiger charge is -2.39. The minimum absolute atomic E-state index is 0. The molecule has 0 bridgehead atoms. The number of amides is 1. The minimum atomic E-state index is -0.567. The van der Waals surface area contributed by atoms with Gasteiger partial charge < -0.3 is 10.6 Å². The van der Waals surface area contributed by atoms with Crippen LogP contribution in [0, 0.1) is 6.92 Å². The summed E-state index contributed by atoms with van der Waals surface area (Å²) in [7, 11) is 0. The van der Waals surface area contributed by atoms with Gasteiger partial charge in [0, 0.05) is 18.8 Å². The van der Waals surface area contributed by atoms with Gasteiger partial charge in [-0.3, -0.25) is 10.0 Å². The Bertz CT molecular complexity index is 789. The predicted octanol–water partition coefficient (Wildman–Crippen LogP) is 3.53. The van der Waals surface area contributed by atoms with Crippen LogP contribution in [-0.4, -0.2) is 34.7 Å². The summed E-state index contributed by atoms with van der Waals surface area (Å²) in [6.07, 6.45) is 7.70. The van der Waals surface area contributed by atoms with E-state index in [0.29, 0.717) is 0 Å². The van der Waals surface area contributed by atoms with E-state index in [1.54, 1.807) is 17.8 Å². The summed E-state index contributed by atoms with van der Waals surface area (Å²) in [4.78, 5) is 15.6. The Hall–Kier alpha value is -2.12. The van der Waals surface area contributed by atoms with Crippen LogP contribution in [-0.2, 0) is 11.2 Å². The molecular formula is C21H28Cl2N4O2. The molecule has 1 aromatic heterocycles. The smallest absolute Gasteiger partial charge is 0.267 e. The SMILES string of the molecule is Cc1ccc(C[C@]2(Nc3ccc(/C=C/C(=O)NO)cn3)CCCNC2)cc1.Cl.Cl. The van der Waals surface area contributed by atoms with Crippen molar-refractivity contribution in [2.75, 3.05) is 18.4 Å². The number of rotatable bonds is 6. The number of hydroxylamine groups is 1. The van der Waals surface area contributed by atoms with E-state index in [2.05, 4.69) is 46.8 Å². The second kappa shape index (κ2) is 11.8. The largest absolute Gasteiger partial charge is 0.363 e. The van der Waals surface area contributed by atoms with Crippen LogP contribution < -0.4 is 16.1 Å². The topological polar surface area (TPSA) is 86.3 Å². The lowest BCUT2D eigenvalue weighted by molar-refractivity contribution is -0.124. The molecule has 8 heteroatoms. The van der Waals surface area contributed by atoms with Gasteiger partial charge in [-0.15, -0.1) is 24.8 Å². The van der Waals surface area contributed by atoms with Crippen LogP contribution in [0.25, 0.3) is 6.08 Å². The van der Waals surface area contributed by atoms with Crippen molar-refractivity contribution < 1.29 is 10.0 Å². The highest BCUT2D eigenvalue weighted by Gasteiger charge is 2.32. The third-order valence-electron chi connectivity index (χ3n) is 4.85. The fourth-order valence-electron chi connectivity index (χ4n) is 3.42. The van der Waals surface area contributed by atoms with Crippen molar-refractivity contribution in [3.63, 3.8) is 0 Å². The molecule has 158 valence electrons. The summed E-state index contributed by atoms with van der Waals surface area (Å²) < 4.78 is 0. The standard InChI is InChI=1S/C21H26N4O2.2ClH/c1-16-3-5-17(6-4-16)13-21(11-2-12-22-15-21)24-19-9-7-18(14-23-19)8-10-20(26)25-27;;/h3-10,14,22,27H,2,11-13,15H2,1H3,(H,23,24)(H,25,26);2*1H/b10-8+;;/t21-;;/m1../s1. The highest BCUT2D eigenvalue weighted by Crippen LogP contribution is 2.26. The molecule has 2 aromatic rings. The van der Waals surface area contributed by atoms with E-state index in [0.717, 1.165) is 43.7 Å². The van der Waals surface area contributed by atoms with Crippen molar-refractivity contribution >= 4 is 42.6 Å². The first-order chi connectivity index (χ1) is 13.1. The second-order valence-corrected chi connectivity index (χ2v) is 7.13. The number of carbonyl (C=O) groups excluding carboxylic acids is 1. The molecule has 1 aliphatic rings. The summed E-state index contributed by atoms with van der Waals surface area (Å²) in [5, 5.41) is 15.7. The Balaban J connectivity index is 0.00000210. The van der Waals surface area contributed by atoms with Crippen LogP contribution in [0.4, 0.5) is 5.82 Å². The van der Waals surface area contributed by atoms with Crippen LogP contribution in [0.2, 0.25) is 0 Å². The van der Waals surface area contributed by atoms with Gasteiger partial charge in [-0.25, -0.2) is 10.5 Å². The van der Waals surface area contributed by atoms with E-state index in [1.807, 2.05) is 12.1 Å². The number of aromatic nitrogens is 1. The Morgan fingerprint density at radius 3 is 2.59 bits per heavy atom. The highest BCUT2D eigenvalue weighted by atomic mass is 35.5. The average Bonchev–Trinajstić information content (AvgIpc) is 2.69. The molecule has 1 atom stereocenters. The van der Waals surface area contributed by atoms with E-state index < -0.39 is 5.91 Å². The second-order valence-electron chi connectivity index (χ2n) is 7.13. The molecule has 1 aromatic carbocycles. The van der Waals surface area contributed by atoms with Gasteiger partial charge in [0.2, 0.25) is 0 Å². The predicted molar refractivity (Wildman–Crippen MR) is 121 cm³/mol. The number of nitrogens with one attached hydrogen (secondary N) is 3. The third kappa shape index (κ3) is 7.33. The molecule has 0 aliphatic carbocycles. The Kier molecular flexibility index (Phi) is 10.1. The number of hydrogen-bond acceptors (Lipinski definition) is 5. The number of pyridine rings is 1. The van der Waals surface area contributed by atoms with Gasteiger partial charge in [0.15, 0.2) is 0 Å². The van der Waals surface area contributed by atoms with E-state index in [4.69, 9.17) is 5.21 Å². The number of piperidine rings is 1. The fraction of sp³-hybridized carbons (Fsp3) is 0.333. The zero-order valence-corrected chi connectivity index (χ0v) is 18.0. The molecule has 3 rings (SSSR count). The van der Waals surface area contributed by atoms with Crippen LogP contribution in [0.3, 0.4) is 0 Å². The van der Waals surface area contributed by atoms with Crippen LogP contribution in [0.15, 0.2) is 48.7 Å². The van der Waals surface area contributed by atoms with E-state index >= 15 is 0 Å². The normalized spacial score (nSPS) is 18.4. The number of benzene rings is 1. The first kappa shape index (κ1) is 24.9. The number of carbonyl (C=O) groups is 1. The van der Waals surface area contributed by atoms with Crippen molar-refractivity contribution in [3.05, 3.63) is 65.4 Å². The zero-order valence-electron chi connectivity index (χ0n) is 16.4. The molecular weight excluding hydrogens is 411 g/mol. The number of nitrogens with zero attached hydrogens (tertiary/aromatic N) is 1. The molecule has 1 fully saturated rings. The first-order valence-electron chi connectivity index (χ1n) is 9.21. The zero-order chi connectivity index (χ0) is 19.1. The fourth-order valence-corrected chi connectivity index (χ4v) is 3.42. The van der Waals surface area contributed by atoms with Crippen molar-refractivity contribution in [2.45, 2.75) is 31.7 Å². The van der Waals surface area contributed by atoms with Gasteiger partial charge in [-0.05, 0) is 62.1 Å². The summed E-state index contributed by atoms with van der Waals surface area (Å²) in [5.74, 6) is 0.247. The van der Waals surface area contributed by atoms with Gasteiger partial charge in [0.25, 0.3) is 5.91 Å². The molecule has 1 aliphatic heterocycles. The van der Waals surface area contributed by atoms with Gasteiger partial charge >= 0.3 is 0 Å². The third-order valence-corrected chi connectivity index (χ3v) is 4.85. The van der Waals surface area contributed by atoms with E-state index in [1.165, 1.54) is 17.2 Å². The number of anilines is 1. The maximum Gasteiger partial charge on any atom is 0.267 e. The van der Waals surface area contributed by atoms with Crippen molar-refractivity contribution in [3.8, 4) is 0 Å². The Labute approximate surface area is 184 Å². The molecule has 0 spiro atoms. The summed E-state index contributed by atoms with van der Waals surface area (Å²) in [6, 6.07) is 12.5. The number of halogens is 2. The molecule has 1 amide bonds. The number of aryl methyl sites for hydroxylation is 1. The lowest BCUT2D eigenvalue weighted by Crippen LogP contribution is -2.53. The average molecular weight is 439 g/mol. The van der Waals surface area contributed by atoms with Crippen molar-refractivity contribution in [1.82, 2.24) is 15.8 Å². The molecule has 2 heterocycles. The van der Waals surface area contributed by atoms with Crippen molar-refractivity contribution in [1.29, 1.82) is 0 Å². The molecule has 6 nitrogen and oxygen atoms in total. The maximum absolute atomic E-state index is 11.1. The molecule has 1 saturated heterocycles. The molecule has 0 radical (unpaired) electrons. The quantitative estimate of drug-likeness (QED) is 0.314.